The molecule has 5 nitrogen and oxygen atoms in total. The van der Waals surface area contributed by atoms with Gasteiger partial charge in [0.25, 0.3) is 0 Å². The van der Waals surface area contributed by atoms with Gasteiger partial charge in [0, 0.05) is 25.1 Å². The van der Waals surface area contributed by atoms with E-state index in [1.165, 1.54) is 6.42 Å². The summed E-state index contributed by atoms with van der Waals surface area (Å²) < 4.78 is 12.1. The molecule has 0 spiro atoms. The zero-order valence-electron chi connectivity index (χ0n) is 13.9. The maximum Gasteiger partial charge on any atom is 0.151 e. The van der Waals surface area contributed by atoms with Crippen molar-refractivity contribution in [1.82, 2.24) is 10.2 Å². The van der Waals surface area contributed by atoms with Gasteiger partial charge >= 0.3 is 0 Å². The summed E-state index contributed by atoms with van der Waals surface area (Å²) in [4.78, 5) is 2.35. The highest BCUT2D eigenvalue weighted by atomic mass is 16.5. The van der Waals surface area contributed by atoms with Crippen LogP contribution >= 0.6 is 0 Å². The van der Waals surface area contributed by atoms with Gasteiger partial charge in [0.15, 0.2) is 5.82 Å². The number of fused-ring (bicyclic) bond motifs is 1. The summed E-state index contributed by atoms with van der Waals surface area (Å²) in [7, 11) is 0. The molecular weight excluding hydrogens is 278 g/mol. The summed E-state index contributed by atoms with van der Waals surface area (Å²) in [6.07, 6.45) is 3.89. The fraction of sp³-hybridized carbons (Fsp3) is 0.765. The van der Waals surface area contributed by atoms with Crippen LogP contribution in [0.5, 0.6) is 0 Å². The number of hydrogen-bond donors (Lipinski definition) is 0. The topological polar surface area (TPSA) is 47.5 Å². The van der Waals surface area contributed by atoms with Crippen LogP contribution < -0.4 is 4.90 Å². The number of rotatable bonds is 4. The summed E-state index contributed by atoms with van der Waals surface area (Å²) in [6, 6.07) is 4.10. The van der Waals surface area contributed by atoms with Crippen LogP contribution in [-0.4, -0.2) is 48.7 Å². The highest BCUT2D eigenvalue weighted by Gasteiger charge is 2.46. The normalized spacial score (nSPS) is 28.7. The van der Waals surface area contributed by atoms with Gasteiger partial charge in [0.1, 0.15) is 0 Å². The Labute approximate surface area is 133 Å². The fourth-order valence-corrected chi connectivity index (χ4v) is 3.59. The molecule has 3 rings (SSSR count). The van der Waals surface area contributed by atoms with Gasteiger partial charge in [-0.2, -0.15) is 5.10 Å². The van der Waals surface area contributed by atoms with Crippen LogP contribution in [0.3, 0.4) is 0 Å². The Morgan fingerprint density at radius 2 is 2.27 bits per heavy atom. The Morgan fingerprint density at radius 1 is 1.41 bits per heavy atom. The minimum atomic E-state index is 0.0906. The van der Waals surface area contributed by atoms with Crippen molar-refractivity contribution in [3.8, 4) is 0 Å². The Morgan fingerprint density at radius 3 is 3.00 bits per heavy atom. The second-order valence-corrected chi connectivity index (χ2v) is 6.93. The number of piperidine rings is 1. The molecule has 1 aromatic heterocycles. The molecule has 2 aliphatic rings. The molecule has 0 N–H and O–H groups in total. The minimum Gasteiger partial charge on any atom is -0.378 e. The molecule has 2 unspecified atom stereocenters. The Hall–Kier alpha value is -1.20. The second kappa shape index (κ2) is 6.50. The quantitative estimate of drug-likeness (QED) is 0.855. The van der Waals surface area contributed by atoms with E-state index >= 15 is 0 Å². The molecule has 5 heteroatoms. The lowest BCUT2D eigenvalue weighted by Gasteiger charge is -2.50. The molecule has 0 aliphatic carbocycles. The lowest BCUT2D eigenvalue weighted by Crippen LogP contribution is -2.57. The van der Waals surface area contributed by atoms with E-state index < -0.39 is 0 Å². The third kappa shape index (κ3) is 3.25. The number of ether oxygens (including phenoxy) is 2. The monoisotopic (exact) mass is 305 g/mol. The second-order valence-electron chi connectivity index (χ2n) is 6.93. The van der Waals surface area contributed by atoms with Crippen molar-refractivity contribution in [2.75, 3.05) is 31.2 Å². The van der Waals surface area contributed by atoms with E-state index in [-0.39, 0.29) is 11.5 Å². The van der Waals surface area contributed by atoms with Gasteiger partial charge in [-0.1, -0.05) is 0 Å². The van der Waals surface area contributed by atoms with Crippen molar-refractivity contribution in [2.45, 2.75) is 52.2 Å². The van der Waals surface area contributed by atoms with Crippen molar-refractivity contribution in [1.29, 1.82) is 0 Å². The average molecular weight is 305 g/mol. The molecule has 0 radical (unpaired) electrons. The first-order chi connectivity index (χ1) is 10.6. The van der Waals surface area contributed by atoms with Gasteiger partial charge < -0.3 is 14.4 Å². The third-order valence-corrected chi connectivity index (χ3v) is 4.80. The van der Waals surface area contributed by atoms with E-state index in [1.54, 1.807) is 0 Å². The van der Waals surface area contributed by atoms with Crippen LogP contribution in [0.4, 0.5) is 5.82 Å². The molecule has 1 aromatic rings. The van der Waals surface area contributed by atoms with Crippen LogP contribution in [0.25, 0.3) is 0 Å². The number of anilines is 1. The maximum atomic E-state index is 6.08. The fourth-order valence-electron chi connectivity index (χ4n) is 3.59. The van der Waals surface area contributed by atoms with Crippen molar-refractivity contribution in [3.05, 3.63) is 17.8 Å². The number of aryl methyl sites for hydroxylation is 1. The first-order valence-electron chi connectivity index (χ1n) is 8.37. The summed E-state index contributed by atoms with van der Waals surface area (Å²) in [6.45, 7) is 9.75. The highest BCUT2D eigenvalue weighted by Crippen LogP contribution is 2.41. The van der Waals surface area contributed by atoms with E-state index in [1.807, 2.05) is 13.0 Å². The Bertz CT molecular complexity index is 491. The van der Waals surface area contributed by atoms with Crippen LogP contribution in [0, 0.1) is 12.3 Å². The standard InChI is InChI=1S/C17H27N3O2/c1-13(2)22-12-17-8-4-10-21-15(17)7-9-20(11-17)16-6-5-14(3)18-19-16/h5-6,13,15H,4,7-12H2,1-3H3. The molecule has 3 heterocycles. The molecule has 2 atom stereocenters. The van der Waals surface area contributed by atoms with Crippen LogP contribution in [0.2, 0.25) is 0 Å². The third-order valence-electron chi connectivity index (χ3n) is 4.80. The van der Waals surface area contributed by atoms with Crippen LogP contribution in [0.1, 0.15) is 38.8 Å². The molecule has 0 aromatic carbocycles. The van der Waals surface area contributed by atoms with Gasteiger partial charge in [0.05, 0.1) is 24.5 Å². The lowest BCUT2D eigenvalue weighted by molar-refractivity contribution is -0.132. The number of hydrogen-bond acceptors (Lipinski definition) is 5. The first kappa shape index (κ1) is 15.7. The first-order valence-corrected chi connectivity index (χ1v) is 8.37. The van der Waals surface area contributed by atoms with Gasteiger partial charge in [-0.3, -0.25) is 0 Å². The van der Waals surface area contributed by atoms with E-state index in [4.69, 9.17) is 9.47 Å². The average Bonchev–Trinajstić information content (AvgIpc) is 2.53. The zero-order chi connectivity index (χ0) is 15.6. The zero-order valence-corrected chi connectivity index (χ0v) is 13.9. The molecule has 2 saturated heterocycles. The highest BCUT2D eigenvalue weighted by molar-refractivity contribution is 5.39. The molecule has 22 heavy (non-hydrogen) atoms. The molecule has 122 valence electrons. The smallest absolute Gasteiger partial charge is 0.151 e. The largest absolute Gasteiger partial charge is 0.378 e. The van der Waals surface area contributed by atoms with Crippen LogP contribution in [0.15, 0.2) is 12.1 Å². The van der Waals surface area contributed by atoms with E-state index in [9.17, 15) is 0 Å². The molecule has 0 saturated carbocycles. The predicted molar refractivity (Wildman–Crippen MR) is 86.1 cm³/mol. The van der Waals surface area contributed by atoms with E-state index in [2.05, 4.69) is 35.0 Å². The summed E-state index contributed by atoms with van der Waals surface area (Å²) in [5, 5.41) is 8.56. The molecule has 0 bridgehead atoms. The van der Waals surface area contributed by atoms with Gasteiger partial charge in [-0.05, 0) is 52.2 Å². The number of nitrogens with zero attached hydrogens (tertiary/aromatic N) is 3. The van der Waals surface area contributed by atoms with Crippen LogP contribution in [-0.2, 0) is 9.47 Å². The van der Waals surface area contributed by atoms with Crippen molar-refractivity contribution < 1.29 is 9.47 Å². The summed E-state index contributed by atoms with van der Waals surface area (Å²) >= 11 is 0. The minimum absolute atomic E-state index is 0.0906. The number of aromatic nitrogens is 2. The molecule has 0 amide bonds. The van der Waals surface area contributed by atoms with E-state index in [0.29, 0.717) is 6.10 Å². The van der Waals surface area contributed by atoms with Crippen molar-refractivity contribution >= 4 is 5.82 Å². The Balaban J connectivity index is 1.78. The van der Waals surface area contributed by atoms with Gasteiger partial charge in [-0.15, -0.1) is 5.10 Å². The lowest BCUT2D eigenvalue weighted by atomic mass is 9.73. The Kier molecular flexibility index (Phi) is 4.64. The van der Waals surface area contributed by atoms with Crippen molar-refractivity contribution in [2.24, 2.45) is 5.41 Å². The molecular formula is C17H27N3O2. The van der Waals surface area contributed by atoms with Crippen molar-refractivity contribution in [3.63, 3.8) is 0 Å². The molecule has 2 fully saturated rings. The predicted octanol–water partition coefficient (Wildman–Crippen LogP) is 2.59. The summed E-state index contributed by atoms with van der Waals surface area (Å²) in [5.41, 5.74) is 1.05. The maximum absolute atomic E-state index is 6.08. The molecule has 2 aliphatic heterocycles. The SMILES string of the molecule is Cc1ccc(N2CCC3OCCCC3(COC(C)C)C2)nn1. The van der Waals surface area contributed by atoms with Gasteiger partial charge in [-0.25, -0.2) is 0 Å². The van der Waals surface area contributed by atoms with E-state index in [0.717, 1.165) is 50.7 Å². The summed E-state index contributed by atoms with van der Waals surface area (Å²) in [5.74, 6) is 0.971. The van der Waals surface area contributed by atoms with Gasteiger partial charge in [0.2, 0.25) is 0 Å².